The Morgan fingerprint density at radius 1 is 1.36 bits per heavy atom. The van der Waals surface area contributed by atoms with E-state index in [4.69, 9.17) is 10.5 Å². The van der Waals surface area contributed by atoms with Crippen LogP contribution >= 0.6 is 28.3 Å². The molecule has 0 saturated heterocycles. The van der Waals surface area contributed by atoms with Gasteiger partial charge in [0.15, 0.2) is 0 Å². The van der Waals surface area contributed by atoms with Gasteiger partial charge in [-0.15, -0.1) is 12.4 Å². The number of benzene rings is 1. The zero-order valence-electron chi connectivity index (χ0n) is 12.4. The molecule has 5 nitrogen and oxygen atoms in total. The molecule has 0 radical (unpaired) electrons. The molecule has 1 aliphatic carbocycles. The van der Waals surface area contributed by atoms with Crippen LogP contribution in [0.15, 0.2) is 27.6 Å². The van der Waals surface area contributed by atoms with Crippen LogP contribution in [0.4, 0.5) is 0 Å². The highest BCUT2D eigenvalue weighted by Gasteiger charge is 2.29. The summed E-state index contributed by atoms with van der Waals surface area (Å²) in [5.41, 5.74) is 5.76. The fraction of sp³-hybridized carbons (Fsp3) is 0.571. The highest BCUT2D eigenvalue weighted by atomic mass is 79.9. The van der Waals surface area contributed by atoms with Crippen molar-refractivity contribution in [2.24, 2.45) is 11.7 Å². The summed E-state index contributed by atoms with van der Waals surface area (Å²) < 4.78 is 33.5. The van der Waals surface area contributed by atoms with E-state index in [0.717, 1.165) is 25.7 Å². The first-order valence-corrected chi connectivity index (χ1v) is 9.31. The van der Waals surface area contributed by atoms with Crippen LogP contribution in [0.1, 0.15) is 25.7 Å². The van der Waals surface area contributed by atoms with Gasteiger partial charge in [0.25, 0.3) is 0 Å². The minimum absolute atomic E-state index is 0. The van der Waals surface area contributed by atoms with Crippen LogP contribution in [0.5, 0.6) is 5.75 Å². The molecule has 0 aliphatic heterocycles. The van der Waals surface area contributed by atoms with Gasteiger partial charge >= 0.3 is 0 Å². The Bertz CT molecular complexity index is 598. The van der Waals surface area contributed by atoms with Crippen LogP contribution < -0.4 is 15.2 Å². The molecule has 2 rings (SSSR count). The standard InChI is InChI=1S/C14H21BrN2O3S.ClH/c1-20-11-6-7-14(12(15)8-11)21(18,19)17-13-5-3-2-4-10(13)9-16;/h6-8,10,13,17H,2-5,9,16H2,1H3;1H. The summed E-state index contributed by atoms with van der Waals surface area (Å²) in [7, 11) is -2.02. The molecule has 2 unspecified atom stereocenters. The maximum absolute atomic E-state index is 12.6. The normalized spacial score (nSPS) is 22.0. The van der Waals surface area contributed by atoms with Crippen molar-refractivity contribution >= 4 is 38.4 Å². The number of hydrogen-bond donors (Lipinski definition) is 2. The highest BCUT2D eigenvalue weighted by Crippen LogP contribution is 2.29. The molecule has 1 aromatic carbocycles. The predicted octanol–water partition coefficient (Wildman–Crippen LogP) is 2.68. The lowest BCUT2D eigenvalue weighted by atomic mass is 9.85. The van der Waals surface area contributed by atoms with Gasteiger partial charge in [0.05, 0.1) is 12.0 Å². The molecular formula is C14H22BrClN2O3S. The minimum Gasteiger partial charge on any atom is -0.497 e. The summed E-state index contributed by atoms with van der Waals surface area (Å²) in [5.74, 6) is 0.823. The Labute approximate surface area is 146 Å². The maximum atomic E-state index is 12.6. The molecule has 0 amide bonds. The summed E-state index contributed by atoms with van der Waals surface area (Å²) in [4.78, 5) is 0.227. The van der Waals surface area contributed by atoms with Gasteiger partial charge in [-0.1, -0.05) is 12.8 Å². The summed E-state index contributed by atoms with van der Waals surface area (Å²) >= 11 is 3.30. The molecule has 1 saturated carbocycles. The van der Waals surface area contributed by atoms with Gasteiger partial charge in [-0.05, 0) is 59.4 Å². The first-order chi connectivity index (χ1) is 9.97. The van der Waals surface area contributed by atoms with Gasteiger partial charge in [-0.25, -0.2) is 13.1 Å². The number of hydrogen-bond acceptors (Lipinski definition) is 4. The van der Waals surface area contributed by atoms with E-state index in [1.165, 1.54) is 0 Å². The fourth-order valence-corrected chi connectivity index (χ4v) is 5.13. The average Bonchev–Trinajstić information content (AvgIpc) is 2.47. The first-order valence-electron chi connectivity index (χ1n) is 7.04. The average molecular weight is 414 g/mol. The number of nitrogens with two attached hydrogens (primary N) is 1. The smallest absolute Gasteiger partial charge is 0.241 e. The quantitative estimate of drug-likeness (QED) is 0.777. The second kappa shape index (κ2) is 8.49. The van der Waals surface area contributed by atoms with Crippen LogP contribution in [-0.4, -0.2) is 28.1 Å². The number of methoxy groups -OCH3 is 1. The number of halogens is 2. The zero-order chi connectivity index (χ0) is 15.5. The number of rotatable bonds is 5. The van der Waals surface area contributed by atoms with E-state index in [-0.39, 0.29) is 29.3 Å². The third kappa shape index (κ3) is 4.58. The summed E-state index contributed by atoms with van der Waals surface area (Å²) in [6.07, 6.45) is 3.97. The van der Waals surface area contributed by atoms with Crippen molar-refractivity contribution < 1.29 is 13.2 Å². The largest absolute Gasteiger partial charge is 0.497 e. The van der Waals surface area contributed by atoms with Gasteiger partial charge in [0, 0.05) is 10.5 Å². The van der Waals surface area contributed by atoms with Crippen molar-refractivity contribution in [1.82, 2.24) is 4.72 Å². The first kappa shape index (κ1) is 19.7. The second-order valence-electron chi connectivity index (χ2n) is 5.30. The zero-order valence-corrected chi connectivity index (χ0v) is 15.6. The van der Waals surface area contributed by atoms with Crippen molar-refractivity contribution in [3.8, 4) is 5.75 Å². The Balaban J connectivity index is 0.00000242. The van der Waals surface area contributed by atoms with Crippen molar-refractivity contribution in [3.05, 3.63) is 22.7 Å². The molecule has 1 aliphatic rings. The van der Waals surface area contributed by atoms with Crippen molar-refractivity contribution in [2.75, 3.05) is 13.7 Å². The molecule has 22 heavy (non-hydrogen) atoms. The van der Waals surface area contributed by atoms with Crippen LogP contribution in [0, 0.1) is 5.92 Å². The van der Waals surface area contributed by atoms with Gasteiger partial charge in [-0.2, -0.15) is 0 Å². The second-order valence-corrected chi connectivity index (χ2v) is 7.84. The molecule has 1 aromatic rings. The van der Waals surface area contributed by atoms with E-state index in [0.29, 0.717) is 16.8 Å². The minimum atomic E-state index is -3.57. The predicted molar refractivity (Wildman–Crippen MR) is 93.1 cm³/mol. The third-order valence-corrected chi connectivity index (χ3v) is 6.41. The van der Waals surface area contributed by atoms with Gasteiger partial charge in [0.2, 0.25) is 10.0 Å². The molecule has 0 spiro atoms. The highest BCUT2D eigenvalue weighted by molar-refractivity contribution is 9.10. The van der Waals surface area contributed by atoms with Crippen LogP contribution in [0.25, 0.3) is 0 Å². The van der Waals surface area contributed by atoms with Gasteiger partial charge in [0.1, 0.15) is 5.75 Å². The number of sulfonamides is 1. The molecule has 0 aromatic heterocycles. The molecular weight excluding hydrogens is 392 g/mol. The molecule has 1 fully saturated rings. The van der Waals surface area contributed by atoms with E-state index in [2.05, 4.69) is 20.7 Å². The monoisotopic (exact) mass is 412 g/mol. The topological polar surface area (TPSA) is 81.4 Å². The van der Waals surface area contributed by atoms with E-state index >= 15 is 0 Å². The van der Waals surface area contributed by atoms with E-state index in [9.17, 15) is 8.42 Å². The Morgan fingerprint density at radius 2 is 2.05 bits per heavy atom. The maximum Gasteiger partial charge on any atom is 0.241 e. The summed E-state index contributed by atoms with van der Waals surface area (Å²) in [6.45, 7) is 0.511. The van der Waals surface area contributed by atoms with Gasteiger partial charge in [-0.3, -0.25) is 0 Å². The fourth-order valence-electron chi connectivity index (χ4n) is 2.73. The van der Waals surface area contributed by atoms with Crippen molar-refractivity contribution in [3.63, 3.8) is 0 Å². The van der Waals surface area contributed by atoms with Crippen molar-refractivity contribution in [2.45, 2.75) is 36.6 Å². The Kier molecular flexibility index (Phi) is 7.61. The molecule has 2 atom stereocenters. The van der Waals surface area contributed by atoms with E-state index < -0.39 is 10.0 Å². The molecule has 8 heteroatoms. The van der Waals surface area contributed by atoms with Crippen LogP contribution in [0.2, 0.25) is 0 Å². The molecule has 126 valence electrons. The Morgan fingerprint density at radius 3 is 2.64 bits per heavy atom. The molecule has 3 N–H and O–H groups in total. The molecule has 0 heterocycles. The van der Waals surface area contributed by atoms with Gasteiger partial charge < -0.3 is 10.5 Å². The summed E-state index contributed by atoms with van der Waals surface area (Å²) in [5, 5.41) is 0. The van der Waals surface area contributed by atoms with Crippen molar-refractivity contribution in [1.29, 1.82) is 0 Å². The number of nitrogens with one attached hydrogen (secondary N) is 1. The van der Waals surface area contributed by atoms with Crippen LogP contribution in [0.3, 0.4) is 0 Å². The van der Waals surface area contributed by atoms with E-state index in [1.807, 2.05) is 0 Å². The Hall–Kier alpha value is -0.340. The summed E-state index contributed by atoms with van der Waals surface area (Å²) in [6, 6.07) is 4.75. The number of ether oxygens (including phenoxy) is 1. The third-order valence-electron chi connectivity index (χ3n) is 3.95. The van der Waals surface area contributed by atoms with Crippen LogP contribution in [-0.2, 0) is 10.0 Å². The van der Waals surface area contributed by atoms with E-state index in [1.54, 1.807) is 25.3 Å². The lowest BCUT2D eigenvalue weighted by Crippen LogP contribution is -2.44. The lowest BCUT2D eigenvalue weighted by molar-refractivity contribution is 0.296. The lowest BCUT2D eigenvalue weighted by Gasteiger charge is -2.31. The SMILES string of the molecule is COc1ccc(S(=O)(=O)NC2CCCCC2CN)c(Br)c1.Cl. The molecule has 0 bridgehead atoms.